The molecule has 2 unspecified atom stereocenters. The summed E-state index contributed by atoms with van der Waals surface area (Å²) in [6, 6.07) is 9.34. The highest BCUT2D eigenvalue weighted by Gasteiger charge is 2.67. The van der Waals surface area contributed by atoms with Crippen LogP contribution in [-0.2, 0) is 23.3 Å². The van der Waals surface area contributed by atoms with Crippen LogP contribution in [0.2, 0.25) is 5.02 Å². The van der Waals surface area contributed by atoms with Crippen molar-refractivity contribution in [1.82, 2.24) is 25.2 Å². The van der Waals surface area contributed by atoms with Gasteiger partial charge in [-0.1, -0.05) is 11.6 Å². The van der Waals surface area contributed by atoms with E-state index in [9.17, 15) is 9.59 Å². The van der Waals surface area contributed by atoms with E-state index in [-0.39, 0.29) is 36.5 Å². The lowest BCUT2D eigenvalue weighted by molar-refractivity contribution is -0.133. The number of hydrogen-bond acceptors (Lipinski definition) is 5. The van der Waals surface area contributed by atoms with Crippen LogP contribution in [0.25, 0.3) is 11.0 Å². The number of carbonyl (C=O) groups is 2. The Kier molecular flexibility index (Phi) is 4.97. The minimum atomic E-state index is -0.704. The van der Waals surface area contributed by atoms with Gasteiger partial charge in [-0.2, -0.15) is 5.26 Å². The maximum atomic E-state index is 14.2. The molecule has 6 rings (SSSR count). The van der Waals surface area contributed by atoms with Gasteiger partial charge >= 0.3 is 6.03 Å². The number of rotatable bonds is 5. The van der Waals surface area contributed by atoms with Crippen molar-refractivity contribution in [2.45, 2.75) is 56.8 Å². The molecular weight excluding hydrogens is 466 g/mol. The molecule has 2 N–H and O–H groups in total. The van der Waals surface area contributed by atoms with Gasteiger partial charge in [0.15, 0.2) is 0 Å². The lowest BCUT2D eigenvalue weighted by Gasteiger charge is -2.57. The fourth-order valence-corrected chi connectivity index (χ4v) is 6.48. The van der Waals surface area contributed by atoms with Crippen molar-refractivity contribution < 1.29 is 9.59 Å². The molecule has 2 fully saturated rings. The first-order chi connectivity index (χ1) is 16.9. The van der Waals surface area contributed by atoms with E-state index in [1.54, 1.807) is 17.3 Å². The molecule has 3 aliphatic rings. The molecule has 3 aromatic rings. The number of fused-ring (bicyclic) bond motifs is 5. The predicted octanol–water partition coefficient (Wildman–Crippen LogP) is 3.26. The van der Waals surface area contributed by atoms with E-state index in [0.717, 1.165) is 28.1 Å². The maximum Gasteiger partial charge on any atom is 0.315 e. The highest BCUT2D eigenvalue weighted by molar-refractivity contribution is 6.31. The lowest BCUT2D eigenvalue weighted by atomic mass is 9.51. The summed E-state index contributed by atoms with van der Waals surface area (Å²) in [6.07, 6.45) is 5.15. The van der Waals surface area contributed by atoms with E-state index in [1.165, 1.54) is 0 Å². The molecule has 2 aromatic heterocycles. The number of unbranched alkanes of at least 4 members (excludes halogenated alkanes) is 1. The van der Waals surface area contributed by atoms with Crippen LogP contribution in [0.1, 0.15) is 37.6 Å². The Morgan fingerprint density at radius 2 is 2.14 bits per heavy atom. The molecule has 1 spiro atoms. The molecule has 9 nitrogen and oxygen atoms in total. The molecule has 0 bridgehead atoms. The third-order valence-corrected chi connectivity index (χ3v) is 7.95. The van der Waals surface area contributed by atoms with E-state index >= 15 is 0 Å². The molecule has 3 amide bonds. The number of anilines is 1. The van der Waals surface area contributed by atoms with Gasteiger partial charge in [-0.05, 0) is 49.6 Å². The maximum absolute atomic E-state index is 14.2. The number of aryl methyl sites for hydroxylation is 1. The van der Waals surface area contributed by atoms with Crippen molar-refractivity contribution in [3.8, 4) is 6.07 Å². The van der Waals surface area contributed by atoms with Crippen molar-refractivity contribution in [3.05, 3.63) is 53.1 Å². The highest BCUT2D eigenvalue weighted by Crippen LogP contribution is 2.58. The fraction of sp³-hybridized carbons (Fsp3) is 0.400. The standard InChI is InChI=1S/C25H24ClN7O2/c1-14-22-18(31-24(35)29-14)11-25(22)16-6-8-28-12-20(16)33(23(25)34)13-21-30-17-10-15(26)4-5-19(17)32(21)9-3-2-7-27/h4-6,8,10,12,14,18,22H,2-3,9,11,13H2,1H3,(H2,29,31,35)/t14?,18-,22?,25-/m0/s1. The van der Waals surface area contributed by atoms with E-state index in [0.29, 0.717) is 30.8 Å². The van der Waals surface area contributed by atoms with Crippen LogP contribution in [0.3, 0.4) is 0 Å². The van der Waals surface area contributed by atoms with Gasteiger partial charge in [0.05, 0.1) is 40.9 Å². The number of aromatic nitrogens is 3. The Morgan fingerprint density at radius 3 is 2.94 bits per heavy atom. The molecule has 2 aliphatic heterocycles. The lowest BCUT2D eigenvalue weighted by Crippen LogP contribution is -2.74. The number of imidazole rings is 1. The number of benzene rings is 1. The topological polar surface area (TPSA) is 116 Å². The van der Waals surface area contributed by atoms with Crippen molar-refractivity contribution in [2.75, 3.05) is 4.90 Å². The number of nitriles is 1. The zero-order valence-electron chi connectivity index (χ0n) is 19.2. The fourth-order valence-electron chi connectivity index (χ4n) is 6.32. The summed E-state index contributed by atoms with van der Waals surface area (Å²) >= 11 is 6.22. The Hall–Kier alpha value is -3.64. The second kappa shape index (κ2) is 7.95. The van der Waals surface area contributed by atoms with Gasteiger partial charge in [-0.3, -0.25) is 9.78 Å². The number of halogens is 1. The van der Waals surface area contributed by atoms with E-state index in [2.05, 4.69) is 26.3 Å². The summed E-state index contributed by atoms with van der Waals surface area (Å²) in [4.78, 5) is 37.1. The Bertz CT molecular complexity index is 1400. The summed E-state index contributed by atoms with van der Waals surface area (Å²) in [5.74, 6) is 0.701. The number of amides is 3. The second-order valence-corrected chi connectivity index (χ2v) is 10.0. The van der Waals surface area contributed by atoms with E-state index < -0.39 is 5.41 Å². The van der Waals surface area contributed by atoms with Gasteiger partial charge in [0.25, 0.3) is 0 Å². The molecule has 10 heteroatoms. The number of hydrogen-bond donors (Lipinski definition) is 2. The van der Waals surface area contributed by atoms with Crippen molar-refractivity contribution in [1.29, 1.82) is 5.26 Å². The van der Waals surface area contributed by atoms with Gasteiger partial charge in [-0.15, -0.1) is 0 Å². The van der Waals surface area contributed by atoms with E-state index in [4.69, 9.17) is 21.8 Å². The van der Waals surface area contributed by atoms with Gasteiger partial charge in [0.2, 0.25) is 5.91 Å². The monoisotopic (exact) mass is 489 g/mol. The van der Waals surface area contributed by atoms with Gasteiger partial charge in [-0.25, -0.2) is 9.78 Å². The molecule has 35 heavy (non-hydrogen) atoms. The smallest absolute Gasteiger partial charge is 0.315 e. The minimum absolute atomic E-state index is 0.0141. The molecule has 1 aliphatic carbocycles. The Labute approximate surface area is 207 Å². The SMILES string of the molecule is CC1NC(=O)N[C@H]2C[C@@]3(C(=O)N(Cc4nc5cc(Cl)ccc5n4CCCC#N)c4cnccc43)C12. The van der Waals surface area contributed by atoms with Crippen LogP contribution < -0.4 is 15.5 Å². The Morgan fingerprint density at radius 1 is 1.29 bits per heavy atom. The molecular formula is C25H24ClN7O2. The minimum Gasteiger partial charge on any atom is -0.335 e. The first-order valence-electron chi connectivity index (χ1n) is 11.8. The van der Waals surface area contributed by atoms with Crippen LogP contribution in [0.4, 0.5) is 10.5 Å². The van der Waals surface area contributed by atoms with Crippen LogP contribution >= 0.6 is 11.6 Å². The highest BCUT2D eigenvalue weighted by atomic mass is 35.5. The summed E-state index contributed by atoms with van der Waals surface area (Å²) in [6.45, 7) is 2.86. The van der Waals surface area contributed by atoms with Crippen LogP contribution in [0.5, 0.6) is 0 Å². The molecule has 1 aromatic carbocycles. The first kappa shape index (κ1) is 21.9. The molecule has 4 heterocycles. The second-order valence-electron chi connectivity index (χ2n) is 9.57. The quantitative estimate of drug-likeness (QED) is 0.533. The summed E-state index contributed by atoms with van der Waals surface area (Å²) in [7, 11) is 0. The molecule has 4 atom stereocenters. The first-order valence-corrected chi connectivity index (χ1v) is 12.2. The molecule has 1 saturated carbocycles. The van der Waals surface area contributed by atoms with Crippen molar-refractivity contribution >= 4 is 40.3 Å². The van der Waals surface area contributed by atoms with Gasteiger partial charge < -0.3 is 20.1 Å². The number of carbonyl (C=O) groups excluding carboxylic acids is 2. The molecule has 178 valence electrons. The summed E-state index contributed by atoms with van der Waals surface area (Å²) in [5.41, 5.74) is 2.72. The van der Waals surface area contributed by atoms with Crippen LogP contribution in [0, 0.1) is 17.2 Å². The number of nitrogens with one attached hydrogen (secondary N) is 2. The number of pyridine rings is 1. The van der Waals surface area contributed by atoms with Crippen molar-refractivity contribution in [2.24, 2.45) is 5.92 Å². The third kappa shape index (κ3) is 3.13. The number of urea groups is 1. The molecule has 0 radical (unpaired) electrons. The largest absolute Gasteiger partial charge is 0.335 e. The summed E-state index contributed by atoms with van der Waals surface area (Å²) < 4.78 is 2.08. The molecule has 1 saturated heterocycles. The average molecular weight is 490 g/mol. The average Bonchev–Trinajstić information content (AvgIpc) is 3.27. The zero-order valence-corrected chi connectivity index (χ0v) is 19.9. The van der Waals surface area contributed by atoms with E-state index in [1.807, 2.05) is 31.2 Å². The van der Waals surface area contributed by atoms with Crippen LogP contribution in [0.15, 0.2) is 36.7 Å². The zero-order chi connectivity index (χ0) is 24.3. The predicted molar refractivity (Wildman–Crippen MR) is 130 cm³/mol. The third-order valence-electron chi connectivity index (χ3n) is 7.72. The van der Waals surface area contributed by atoms with Crippen molar-refractivity contribution in [3.63, 3.8) is 0 Å². The van der Waals surface area contributed by atoms with Gasteiger partial charge in [0, 0.05) is 42.2 Å². The van der Waals surface area contributed by atoms with Gasteiger partial charge in [0.1, 0.15) is 5.82 Å². The summed E-state index contributed by atoms with van der Waals surface area (Å²) in [5, 5.41) is 15.6. The van der Waals surface area contributed by atoms with Crippen LogP contribution in [-0.4, -0.2) is 38.6 Å². The normalized spacial score (nSPS) is 26.7. The Balaban J connectivity index is 1.40. The number of nitrogens with zero attached hydrogens (tertiary/aromatic N) is 5.